The topological polar surface area (TPSA) is 73.8 Å². The molecule has 0 saturated carbocycles. The minimum absolute atomic E-state index is 0.132. The van der Waals surface area contributed by atoms with E-state index in [0.717, 1.165) is 0 Å². The lowest BCUT2D eigenvalue weighted by Crippen LogP contribution is -2.05. The molecule has 0 N–H and O–H groups in total. The highest BCUT2D eigenvalue weighted by atomic mass is 16.6. The summed E-state index contributed by atoms with van der Waals surface area (Å²) in [6, 6.07) is 0. The zero-order valence-electron chi connectivity index (χ0n) is 8.34. The van der Waals surface area contributed by atoms with E-state index in [9.17, 15) is 10.1 Å². The van der Waals surface area contributed by atoms with Crippen molar-refractivity contribution in [3.8, 4) is 0 Å². The minimum atomic E-state index is -0.390. The molecule has 1 aromatic rings. The summed E-state index contributed by atoms with van der Waals surface area (Å²) in [4.78, 5) is 10.2. The highest BCUT2D eigenvalue weighted by Crippen LogP contribution is 2.13. The normalized spacial score (nSPS) is 12.1. The summed E-state index contributed by atoms with van der Waals surface area (Å²) in [5.74, 6) is -0.132. The fourth-order valence-electron chi connectivity index (χ4n) is 1.01. The minimum Gasteiger partial charge on any atom is -0.259 e. The van der Waals surface area contributed by atoms with E-state index in [0.29, 0.717) is 5.69 Å². The molecule has 0 atom stereocenters. The van der Waals surface area contributed by atoms with Crippen molar-refractivity contribution in [1.29, 1.82) is 0 Å². The van der Waals surface area contributed by atoms with Crippen LogP contribution < -0.4 is 0 Å². The van der Waals surface area contributed by atoms with E-state index < -0.39 is 0 Å². The molecule has 0 saturated heterocycles. The number of rotatable bonds is 3. The highest BCUT2D eigenvalue weighted by molar-refractivity contribution is 5.45. The van der Waals surface area contributed by atoms with Crippen molar-refractivity contribution in [3.05, 3.63) is 27.7 Å². The molecule has 0 unspecified atom stereocenters. The maximum atomic E-state index is 10.6. The van der Waals surface area contributed by atoms with Crippen LogP contribution in [-0.2, 0) is 7.05 Å². The number of aromatic nitrogens is 3. The molecule has 1 aromatic heterocycles. The molecule has 0 bridgehead atoms. The fraction of sp³-hybridized carbons (Fsp3) is 0.500. The van der Waals surface area contributed by atoms with Gasteiger partial charge in [0.25, 0.3) is 5.70 Å². The van der Waals surface area contributed by atoms with E-state index >= 15 is 0 Å². The van der Waals surface area contributed by atoms with Crippen molar-refractivity contribution in [1.82, 2.24) is 15.0 Å². The van der Waals surface area contributed by atoms with Gasteiger partial charge in [-0.15, -0.1) is 5.10 Å². The van der Waals surface area contributed by atoms with Crippen LogP contribution in [0.25, 0.3) is 6.08 Å². The Balaban J connectivity index is 2.99. The predicted octanol–water partition coefficient (Wildman–Crippen LogP) is 1.09. The first kappa shape index (κ1) is 10.4. The average Bonchev–Trinajstić information content (AvgIpc) is 2.46. The molecule has 0 aromatic carbocycles. The number of hydrogen-bond acceptors (Lipinski definition) is 4. The van der Waals surface area contributed by atoms with Gasteiger partial charge in [0.15, 0.2) is 0 Å². The molecule has 6 heteroatoms. The molecule has 0 spiro atoms. The van der Waals surface area contributed by atoms with Gasteiger partial charge in [0.05, 0.1) is 11.1 Å². The van der Waals surface area contributed by atoms with Crippen molar-refractivity contribution in [2.24, 2.45) is 13.0 Å². The van der Waals surface area contributed by atoms with Gasteiger partial charge in [-0.1, -0.05) is 19.1 Å². The second kappa shape index (κ2) is 3.99. The number of allylic oxidation sites excluding steroid dienone is 1. The van der Waals surface area contributed by atoms with Crippen LogP contribution in [0, 0.1) is 16.0 Å². The van der Waals surface area contributed by atoms with Crippen molar-refractivity contribution in [2.45, 2.75) is 13.8 Å². The zero-order valence-corrected chi connectivity index (χ0v) is 8.34. The van der Waals surface area contributed by atoms with Crippen LogP contribution in [0.5, 0.6) is 0 Å². The molecule has 0 aliphatic rings. The van der Waals surface area contributed by atoms with Crippen LogP contribution >= 0.6 is 0 Å². The maximum Gasteiger partial charge on any atom is 0.251 e. The Bertz CT molecular complexity index is 367. The first-order valence-corrected chi connectivity index (χ1v) is 4.23. The summed E-state index contributed by atoms with van der Waals surface area (Å²) in [5, 5.41) is 18.1. The standard InChI is InChI=1S/C8H12N4O2/c1-6(2)8(12(13)14)4-7-5-11(3)10-9-7/h4-6H,1-3H3/b8-4+. The third-order valence-electron chi connectivity index (χ3n) is 1.72. The molecular weight excluding hydrogens is 184 g/mol. The molecule has 1 rings (SSSR count). The molecule has 0 aliphatic heterocycles. The van der Waals surface area contributed by atoms with Gasteiger partial charge in [-0.3, -0.25) is 14.8 Å². The smallest absolute Gasteiger partial charge is 0.251 e. The Morgan fingerprint density at radius 1 is 1.71 bits per heavy atom. The van der Waals surface area contributed by atoms with Crippen LogP contribution in [0.4, 0.5) is 0 Å². The van der Waals surface area contributed by atoms with Gasteiger partial charge >= 0.3 is 0 Å². The van der Waals surface area contributed by atoms with E-state index in [1.807, 2.05) is 0 Å². The van der Waals surface area contributed by atoms with Crippen LogP contribution in [0.15, 0.2) is 11.9 Å². The summed E-state index contributed by atoms with van der Waals surface area (Å²) in [6.45, 7) is 3.54. The molecule has 76 valence electrons. The lowest BCUT2D eigenvalue weighted by atomic mass is 10.1. The summed E-state index contributed by atoms with van der Waals surface area (Å²) >= 11 is 0. The van der Waals surface area contributed by atoms with Crippen molar-refractivity contribution in [3.63, 3.8) is 0 Å². The van der Waals surface area contributed by atoms with Gasteiger partial charge in [0.1, 0.15) is 5.69 Å². The lowest BCUT2D eigenvalue weighted by molar-refractivity contribution is -0.431. The number of nitro groups is 1. The summed E-state index contributed by atoms with van der Waals surface area (Å²) in [6.07, 6.45) is 3.07. The predicted molar refractivity (Wildman–Crippen MR) is 50.8 cm³/mol. The highest BCUT2D eigenvalue weighted by Gasteiger charge is 2.16. The largest absolute Gasteiger partial charge is 0.259 e. The van der Waals surface area contributed by atoms with Gasteiger partial charge in [0, 0.05) is 19.0 Å². The third-order valence-corrected chi connectivity index (χ3v) is 1.72. The van der Waals surface area contributed by atoms with Crippen LogP contribution in [0.1, 0.15) is 19.5 Å². The second-order valence-electron chi connectivity index (χ2n) is 3.30. The Hall–Kier alpha value is -1.72. The summed E-state index contributed by atoms with van der Waals surface area (Å²) in [5.41, 5.74) is 0.651. The average molecular weight is 196 g/mol. The molecule has 0 aliphatic carbocycles. The molecule has 14 heavy (non-hydrogen) atoms. The van der Waals surface area contributed by atoms with Crippen LogP contribution in [0.3, 0.4) is 0 Å². The Morgan fingerprint density at radius 3 is 2.71 bits per heavy atom. The molecule has 1 heterocycles. The maximum absolute atomic E-state index is 10.6. The van der Waals surface area contributed by atoms with E-state index in [4.69, 9.17) is 0 Å². The van der Waals surface area contributed by atoms with E-state index in [-0.39, 0.29) is 16.5 Å². The van der Waals surface area contributed by atoms with E-state index in [2.05, 4.69) is 10.3 Å². The molecular formula is C8H12N4O2. The lowest BCUT2D eigenvalue weighted by Gasteiger charge is -1.99. The molecule has 6 nitrogen and oxygen atoms in total. The first-order chi connectivity index (χ1) is 6.50. The van der Waals surface area contributed by atoms with Crippen molar-refractivity contribution >= 4 is 6.08 Å². The van der Waals surface area contributed by atoms with E-state index in [1.165, 1.54) is 10.8 Å². The van der Waals surface area contributed by atoms with Crippen LogP contribution in [0.2, 0.25) is 0 Å². The Morgan fingerprint density at radius 2 is 2.36 bits per heavy atom. The zero-order chi connectivity index (χ0) is 10.7. The van der Waals surface area contributed by atoms with Gasteiger partial charge in [0.2, 0.25) is 0 Å². The molecule has 0 amide bonds. The van der Waals surface area contributed by atoms with Crippen molar-refractivity contribution < 1.29 is 4.92 Å². The van der Waals surface area contributed by atoms with Gasteiger partial charge in [-0.2, -0.15) is 0 Å². The van der Waals surface area contributed by atoms with Crippen LogP contribution in [-0.4, -0.2) is 19.9 Å². The molecule has 0 fully saturated rings. The SMILES string of the molecule is CC(C)/C(=C\c1cn(C)nn1)[N+](=O)[O-]. The van der Waals surface area contributed by atoms with Gasteiger partial charge in [-0.25, -0.2) is 0 Å². The second-order valence-corrected chi connectivity index (χ2v) is 3.30. The monoisotopic (exact) mass is 196 g/mol. The van der Waals surface area contributed by atoms with E-state index in [1.54, 1.807) is 27.1 Å². The van der Waals surface area contributed by atoms with Gasteiger partial charge < -0.3 is 0 Å². The molecule has 0 radical (unpaired) electrons. The number of hydrogen-bond donors (Lipinski definition) is 0. The first-order valence-electron chi connectivity index (χ1n) is 4.23. The number of nitrogens with zero attached hydrogens (tertiary/aromatic N) is 4. The summed E-state index contributed by atoms with van der Waals surface area (Å²) in [7, 11) is 1.71. The number of aryl methyl sites for hydroxylation is 1. The van der Waals surface area contributed by atoms with Gasteiger partial charge in [-0.05, 0) is 0 Å². The quantitative estimate of drug-likeness (QED) is 0.535. The fourth-order valence-corrected chi connectivity index (χ4v) is 1.01. The Kier molecular flexibility index (Phi) is 2.95. The van der Waals surface area contributed by atoms with Crippen molar-refractivity contribution in [2.75, 3.05) is 0 Å². The Labute approximate surface area is 81.4 Å². The third kappa shape index (κ3) is 2.38. The summed E-state index contributed by atoms with van der Waals surface area (Å²) < 4.78 is 1.50.